The molecule has 102 valence electrons. The maximum Gasteiger partial charge on any atom is 0.141 e. The predicted octanol–water partition coefficient (Wildman–Crippen LogP) is 3.22. The molecule has 0 aliphatic carbocycles. The number of benzene rings is 1. The molecule has 4 nitrogen and oxygen atoms in total. The lowest BCUT2D eigenvalue weighted by atomic mass is 10.3. The van der Waals surface area contributed by atoms with Crippen molar-refractivity contribution in [2.75, 3.05) is 0 Å². The van der Waals surface area contributed by atoms with Crippen LogP contribution in [0.15, 0.2) is 43.1 Å². The van der Waals surface area contributed by atoms with Crippen molar-refractivity contribution >= 4 is 11.6 Å². The van der Waals surface area contributed by atoms with Gasteiger partial charge in [-0.15, -0.1) is 0 Å². The van der Waals surface area contributed by atoms with Crippen LogP contribution in [0.3, 0.4) is 0 Å². The minimum Gasteiger partial charge on any atom is -0.329 e. The van der Waals surface area contributed by atoms with Gasteiger partial charge in [0.2, 0.25) is 0 Å². The molecule has 3 aromatic rings. The van der Waals surface area contributed by atoms with Crippen LogP contribution >= 0.6 is 11.6 Å². The Morgan fingerprint density at radius 1 is 1.30 bits per heavy atom. The van der Waals surface area contributed by atoms with E-state index in [0.29, 0.717) is 6.54 Å². The second kappa shape index (κ2) is 5.09. The third-order valence-electron chi connectivity index (χ3n) is 3.09. The van der Waals surface area contributed by atoms with Gasteiger partial charge in [0.1, 0.15) is 11.6 Å². The molecule has 0 aliphatic heterocycles. The number of aromatic nitrogens is 4. The van der Waals surface area contributed by atoms with Crippen LogP contribution in [-0.2, 0) is 6.54 Å². The first-order valence-electron chi connectivity index (χ1n) is 6.09. The number of imidazole rings is 2. The Labute approximate surface area is 120 Å². The highest BCUT2D eigenvalue weighted by Crippen LogP contribution is 2.19. The highest BCUT2D eigenvalue weighted by Gasteiger charge is 2.06. The third kappa shape index (κ3) is 2.44. The van der Waals surface area contributed by atoms with Crippen LogP contribution in [0.5, 0.6) is 0 Å². The molecule has 0 saturated heterocycles. The Kier molecular flexibility index (Phi) is 3.28. The number of aryl methyl sites for hydroxylation is 1. The first kappa shape index (κ1) is 12.9. The molecule has 20 heavy (non-hydrogen) atoms. The highest BCUT2D eigenvalue weighted by atomic mass is 35.5. The van der Waals surface area contributed by atoms with Gasteiger partial charge in [0.05, 0.1) is 23.6 Å². The van der Waals surface area contributed by atoms with E-state index in [9.17, 15) is 4.39 Å². The van der Waals surface area contributed by atoms with E-state index in [-0.39, 0.29) is 5.02 Å². The van der Waals surface area contributed by atoms with Crippen LogP contribution in [-0.4, -0.2) is 19.1 Å². The summed E-state index contributed by atoms with van der Waals surface area (Å²) in [6.45, 7) is 2.59. The fourth-order valence-corrected chi connectivity index (χ4v) is 2.15. The lowest BCUT2D eigenvalue weighted by molar-refractivity contribution is 0.628. The van der Waals surface area contributed by atoms with Gasteiger partial charge in [-0.2, -0.15) is 0 Å². The molecule has 0 aliphatic rings. The fourth-order valence-electron chi connectivity index (χ4n) is 1.98. The summed E-state index contributed by atoms with van der Waals surface area (Å²) in [5, 5.41) is 0.100. The molecule has 6 heteroatoms. The van der Waals surface area contributed by atoms with Crippen molar-refractivity contribution in [2.45, 2.75) is 13.5 Å². The van der Waals surface area contributed by atoms with E-state index in [1.54, 1.807) is 24.7 Å². The Bertz CT molecular complexity index is 747. The number of hydrogen-bond acceptors (Lipinski definition) is 2. The Hall–Kier alpha value is -2.14. The second-order valence-corrected chi connectivity index (χ2v) is 4.88. The van der Waals surface area contributed by atoms with Gasteiger partial charge in [-0.05, 0) is 25.1 Å². The maximum absolute atomic E-state index is 13.1. The molecule has 0 atom stereocenters. The van der Waals surface area contributed by atoms with Crippen LogP contribution in [0.2, 0.25) is 5.02 Å². The summed E-state index contributed by atoms with van der Waals surface area (Å²) >= 11 is 5.79. The van der Waals surface area contributed by atoms with Gasteiger partial charge in [-0.3, -0.25) is 0 Å². The minimum absolute atomic E-state index is 0.100. The van der Waals surface area contributed by atoms with Crippen molar-refractivity contribution in [3.8, 4) is 5.69 Å². The van der Waals surface area contributed by atoms with E-state index in [4.69, 9.17) is 11.6 Å². The summed E-state index contributed by atoms with van der Waals surface area (Å²) in [6.07, 6.45) is 7.24. The highest BCUT2D eigenvalue weighted by molar-refractivity contribution is 6.30. The average molecular weight is 291 g/mol. The van der Waals surface area contributed by atoms with E-state index in [2.05, 4.69) is 9.97 Å². The van der Waals surface area contributed by atoms with E-state index in [0.717, 1.165) is 17.2 Å². The van der Waals surface area contributed by atoms with E-state index >= 15 is 0 Å². The van der Waals surface area contributed by atoms with Crippen molar-refractivity contribution in [3.63, 3.8) is 0 Å². The first-order chi connectivity index (χ1) is 9.63. The van der Waals surface area contributed by atoms with E-state index in [1.807, 2.05) is 28.5 Å². The van der Waals surface area contributed by atoms with Crippen LogP contribution in [0.25, 0.3) is 5.69 Å². The molecule has 0 radical (unpaired) electrons. The number of rotatable bonds is 3. The van der Waals surface area contributed by atoms with Gasteiger partial charge < -0.3 is 9.13 Å². The molecule has 0 bridgehead atoms. The number of hydrogen-bond donors (Lipinski definition) is 0. The normalized spacial score (nSPS) is 10.9. The monoisotopic (exact) mass is 290 g/mol. The number of nitrogens with zero attached hydrogens (tertiary/aromatic N) is 4. The summed E-state index contributed by atoms with van der Waals surface area (Å²) in [5.74, 6) is 0.508. The molecular weight excluding hydrogens is 279 g/mol. The SMILES string of the molecule is Cc1nccn1Cc1cn(-c2ccc(F)c(Cl)c2)cn1. The topological polar surface area (TPSA) is 35.6 Å². The Balaban J connectivity index is 1.86. The largest absolute Gasteiger partial charge is 0.329 e. The molecule has 0 saturated carbocycles. The van der Waals surface area contributed by atoms with Crippen molar-refractivity contribution < 1.29 is 4.39 Å². The molecule has 0 amide bonds. The summed E-state index contributed by atoms with van der Waals surface area (Å²) in [7, 11) is 0. The Morgan fingerprint density at radius 3 is 2.85 bits per heavy atom. The summed E-state index contributed by atoms with van der Waals surface area (Å²) in [4.78, 5) is 8.51. The minimum atomic E-state index is -0.426. The smallest absolute Gasteiger partial charge is 0.141 e. The molecule has 0 N–H and O–H groups in total. The predicted molar refractivity (Wildman–Crippen MR) is 74.6 cm³/mol. The molecular formula is C14H12ClFN4. The van der Waals surface area contributed by atoms with Crippen molar-refractivity contribution in [1.29, 1.82) is 0 Å². The van der Waals surface area contributed by atoms with Gasteiger partial charge in [-0.25, -0.2) is 14.4 Å². The first-order valence-corrected chi connectivity index (χ1v) is 6.47. The van der Waals surface area contributed by atoms with Gasteiger partial charge in [0.15, 0.2) is 0 Å². The molecule has 2 aromatic heterocycles. The molecule has 1 aromatic carbocycles. The van der Waals surface area contributed by atoms with Gasteiger partial charge in [0, 0.05) is 24.3 Å². The zero-order valence-electron chi connectivity index (χ0n) is 10.8. The summed E-state index contributed by atoms with van der Waals surface area (Å²) in [5.41, 5.74) is 1.67. The zero-order valence-corrected chi connectivity index (χ0v) is 11.5. The van der Waals surface area contributed by atoms with Crippen molar-refractivity contribution in [2.24, 2.45) is 0 Å². The third-order valence-corrected chi connectivity index (χ3v) is 3.38. The molecule has 0 unspecified atom stereocenters. The van der Waals surface area contributed by atoms with E-state index in [1.165, 1.54) is 6.07 Å². The molecule has 0 fully saturated rings. The van der Waals surface area contributed by atoms with Crippen LogP contribution < -0.4 is 0 Å². The summed E-state index contributed by atoms with van der Waals surface area (Å²) < 4.78 is 17.0. The second-order valence-electron chi connectivity index (χ2n) is 4.47. The van der Waals surface area contributed by atoms with Crippen molar-refractivity contribution in [1.82, 2.24) is 19.1 Å². The quantitative estimate of drug-likeness (QED) is 0.742. The molecule has 3 rings (SSSR count). The lowest BCUT2D eigenvalue weighted by Crippen LogP contribution is -2.00. The van der Waals surface area contributed by atoms with Crippen LogP contribution in [0.1, 0.15) is 11.5 Å². The molecule has 2 heterocycles. The fraction of sp³-hybridized carbons (Fsp3) is 0.143. The lowest BCUT2D eigenvalue weighted by Gasteiger charge is -2.03. The van der Waals surface area contributed by atoms with Crippen molar-refractivity contribution in [3.05, 3.63) is 65.5 Å². The van der Waals surface area contributed by atoms with Crippen LogP contribution in [0.4, 0.5) is 4.39 Å². The Morgan fingerprint density at radius 2 is 2.15 bits per heavy atom. The molecule has 0 spiro atoms. The standard InChI is InChI=1S/C14H12ClFN4/c1-10-17-4-5-19(10)7-11-8-20(9-18-11)12-2-3-14(16)13(15)6-12/h2-6,8-9H,7H2,1H3. The average Bonchev–Trinajstić information content (AvgIpc) is 3.04. The summed E-state index contributed by atoms with van der Waals surface area (Å²) in [6, 6.07) is 4.58. The zero-order chi connectivity index (χ0) is 14.1. The maximum atomic E-state index is 13.1. The van der Waals surface area contributed by atoms with Gasteiger partial charge in [0.25, 0.3) is 0 Å². The van der Waals surface area contributed by atoms with E-state index < -0.39 is 5.82 Å². The van der Waals surface area contributed by atoms with Gasteiger partial charge >= 0.3 is 0 Å². The van der Waals surface area contributed by atoms with Crippen LogP contribution in [0, 0.1) is 12.7 Å². The van der Waals surface area contributed by atoms with Gasteiger partial charge in [-0.1, -0.05) is 11.6 Å². The number of halogens is 2.